The molecule has 0 aliphatic heterocycles. The van der Waals surface area contributed by atoms with E-state index in [2.05, 4.69) is 22.5 Å². The molecule has 1 aromatic heterocycles. The van der Waals surface area contributed by atoms with Crippen LogP contribution >= 0.6 is 11.3 Å². The second-order valence-corrected chi connectivity index (χ2v) is 8.56. The van der Waals surface area contributed by atoms with E-state index in [-0.39, 0.29) is 10.9 Å². The van der Waals surface area contributed by atoms with Crippen LogP contribution < -0.4 is 15.8 Å². The van der Waals surface area contributed by atoms with E-state index in [9.17, 15) is 13.2 Å². The van der Waals surface area contributed by atoms with Gasteiger partial charge >= 0.3 is 6.03 Å². The number of nitrogens with two attached hydrogens (primary N) is 1. The van der Waals surface area contributed by atoms with Crippen molar-refractivity contribution in [3.63, 3.8) is 0 Å². The van der Waals surface area contributed by atoms with E-state index >= 15 is 0 Å². The smallest absolute Gasteiger partial charge is 0.308 e. The number of hydrogen-bond acceptors (Lipinski definition) is 5. The normalized spacial score (nSPS) is 11.2. The fourth-order valence-corrected chi connectivity index (χ4v) is 3.90. The van der Waals surface area contributed by atoms with Gasteiger partial charge in [-0.1, -0.05) is 37.6 Å². The quantitative estimate of drug-likeness (QED) is 0.562. The van der Waals surface area contributed by atoms with Gasteiger partial charge in [0.1, 0.15) is 10.8 Å². The van der Waals surface area contributed by atoms with Crippen molar-refractivity contribution < 1.29 is 13.2 Å². The van der Waals surface area contributed by atoms with Gasteiger partial charge in [-0.15, -0.1) is 11.3 Å². The summed E-state index contributed by atoms with van der Waals surface area (Å²) in [6.45, 7) is 2.11. The van der Waals surface area contributed by atoms with Crippen molar-refractivity contribution in [1.29, 1.82) is 0 Å². The molecule has 9 heteroatoms. The molecule has 0 bridgehead atoms. The van der Waals surface area contributed by atoms with Crippen LogP contribution in [0.15, 0.2) is 58.8 Å². The molecule has 0 aliphatic carbocycles. The van der Waals surface area contributed by atoms with Crippen LogP contribution in [0.5, 0.6) is 0 Å². The molecule has 3 rings (SSSR count). The van der Waals surface area contributed by atoms with Gasteiger partial charge in [-0.25, -0.2) is 23.3 Å². The first-order valence-corrected chi connectivity index (χ1v) is 11.0. The molecule has 3 aromatic rings. The number of aromatic nitrogens is 1. The Balaban J connectivity index is 1.65. The maximum absolute atomic E-state index is 12.2. The van der Waals surface area contributed by atoms with Gasteiger partial charge in [-0.05, 0) is 36.2 Å². The van der Waals surface area contributed by atoms with E-state index < -0.39 is 10.0 Å². The highest BCUT2D eigenvalue weighted by Crippen LogP contribution is 2.26. The van der Waals surface area contributed by atoms with Crippen molar-refractivity contribution in [3.8, 4) is 10.6 Å². The molecule has 0 aliphatic rings. The summed E-state index contributed by atoms with van der Waals surface area (Å²) in [5, 5.41) is 13.0. The third kappa shape index (κ3) is 5.16. The van der Waals surface area contributed by atoms with Gasteiger partial charge in [0.25, 0.3) is 0 Å². The zero-order chi connectivity index (χ0) is 20.1. The van der Waals surface area contributed by atoms with Crippen LogP contribution in [0, 0.1) is 0 Å². The molecule has 1 heterocycles. The Hall–Kier alpha value is -2.75. The number of nitrogens with one attached hydrogen (secondary N) is 2. The molecule has 4 N–H and O–H groups in total. The van der Waals surface area contributed by atoms with Gasteiger partial charge in [0, 0.05) is 16.6 Å². The summed E-state index contributed by atoms with van der Waals surface area (Å²) in [4.78, 5) is 16.6. The second kappa shape index (κ2) is 8.51. The topological polar surface area (TPSA) is 114 Å². The van der Waals surface area contributed by atoms with E-state index in [1.165, 1.54) is 29.0 Å². The number of carbonyl (C=O) groups is 1. The van der Waals surface area contributed by atoms with Gasteiger partial charge in [-0.2, -0.15) is 0 Å². The molecule has 0 spiro atoms. The molecule has 2 amide bonds. The van der Waals surface area contributed by atoms with Crippen LogP contribution in [0.25, 0.3) is 10.6 Å². The number of nitrogens with zero attached hydrogens (tertiary/aromatic N) is 1. The van der Waals surface area contributed by atoms with Crippen molar-refractivity contribution in [3.05, 3.63) is 59.5 Å². The van der Waals surface area contributed by atoms with Crippen molar-refractivity contribution in [1.82, 2.24) is 4.98 Å². The first-order valence-electron chi connectivity index (χ1n) is 8.61. The SMILES string of the molecule is CCCc1cccc(NC(=O)Nc2csc(-c3ccc(S(N)(=O)=O)cc3)n2)c1. The summed E-state index contributed by atoms with van der Waals surface area (Å²) in [5.74, 6) is 0.415. The number of thiazole rings is 1. The van der Waals surface area contributed by atoms with Crippen molar-refractivity contribution >= 4 is 38.9 Å². The predicted molar refractivity (Wildman–Crippen MR) is 112 cm³/mol. The molecule has 0 fully saturated rings. The van der Waals surface area contributed by atoms with Gasteiger partial charge in [0.2, 0.25) is 10.0 Å². The number of benzene rings is 2. The highest BCUT2D eigenvalue weighted by Gasteiger charge is 2.11. The average Bonchev–Trinajstić information content (AvgIpc) is 3.10. The van der Waals surface area contributed by atoms with Crippen molar-refractivity contribution in [2.24, 2.45) is 5.14 Å². The number of hydrogen-bond donors (Lipinski definition) is 3. The van der Waals surface area contributed by atoms with E-state index in [1.807, 2.05) is 24.3 Å². The first kappa shape index (κ1) is 20.0. The fourth-order valence-electron chi connectivity index (χ4n) is 2.62. The van der Waals surface area contributed by atoms with E-state index in [4.69, 9.17) is 5.14 Å². The molecular formula is C19H20N4O3S2. The minimum Gasteiger partial charge on any atom is -0.308 e. The zero-order valence-electron chi connectivity index (χ0n) is 15.2. The molecule has 146 valence electrons. The van der Waals surface area contributed by atoms with Gasteiger partial charge < -0.3 is 5.32 Å². The van der Waals surface area contributed by atoms with Gasteiger partial charge in [0.05, 0.1) is 4.90 Å². The molecular weight excluding hydrogens is 396 g/mol. The molecule has 2 aromatic carbocycles. The zero-order valence-corrected chi connectivity index (χ0v) is 16.8. The average molecular weight is 417 g/mol. The number of sulfonamides is 1. The molecule has 0 saturated heterocycles. The summed E-state index contributed by atoms with van der Waals surface area (Å²) in [5.41, 5.74) is 2.62. The Morgan fingerprint density at radius 1 is 1.14 bits per heavy atom. The van der Waals surface area contributed by atoms with Crippen molar-refractivity contribution in [2.75, 3.05) is 10.6 Å². The molecule has 0 radical (unpaired) electrons. The maximum Gasteiger partial charge on any atom is 0.324 e. The first-order chi connectivity index (χ1) is 13.3. The standard InChI is InChI=1S/C19H20N4O3S2/c1-2-4-13-5-3-6-15(11-13)21-19(24)23-17-12-27-18(22-17)14-7-9-16(10-8-14)28(20,25)26/h3,5-12H,2,4H2,1H3,(H2,20,25,26)(H2,21,23,24). The van der Waals surface area contributed by atoms with Crippen LogP contribution in [0.3, 0.4) is 0 Å². The third-order valence-corrected chi connectivity index (χ3v) is 5.72. The Bertz CT molecular complexity index is 1080. The Labute approximate surface area is 167 Å². The number of rotatable bonds is 6. The molecule has 7 nitrogen and oxygen atoms in total. The summed E-state index contributed by atoms with van der Waals surface area (Å²) < 4.78 is 22.6. The lowest BCUT2D eigenvalue weighted by Gasteiger charge is -2.07. The largest absolute Gasteiger partial charge is 0.324 e. The number of anilines is 2. The van der Waals surface area contributed by atoms with Crippen LogP contribution in [0.4, 0.5) is 16.3 Å². The Kier molecular flexibility index (Phi) is 6.08. The van der Waals surface area contributed by atoms with E-state index in [1.54, 1.807) is 17.5 Å². The summed E-state index contributed by atoms with van der Waals surface area (Å²) in [6, 6.07) is 13.4. The number of urea groups is 1. The van der Waals surface area contributed by atoms with Crippen LogP contribution in [0.2, 0.25) is 0 Å². The number of primary sulfonamides is 1. The van der Waals surface area contributed by atoms with Gasteiger partial charge in [0.15, 0.2) is 0 Å². The second-order valence-electron chi connectivity index (χ2n) is 6.14. The number of aryl methyl sites for hydroxylation is 1. The number of carbonyl (C=O) groups excluding carboxylic acids is 1. The molecule has 28 heavy (non-hydrogen) atoms. The lowest BCUT2D eigenvalue weighted by Crippen LogP contribution is -2.19. The molecule has 0 saturated carbocycles. The van der Waals surface area contributed by atoms with Crippen LogP contribution in [-0.4, -0.2) is 19.4 Å². The lowest BCUT2D eigenvalue weighted by atomic mass is 10.1. The number of amides is 2. The Morgan fingerprint density at radius 2 is 1.89 bits per heavy atom. The highest BCUT2D eigenvalue weighted by molar-refractivity contribution is 7.89. The fraction of sp³-hybridized carbons (Fsp3) is 0.158. The predicted octanol–water partition coefficient (Wildman–Crippen LogP) is 4.05. The van der Waals surface area contributed by atoms with E-state index in [0.717, 1.165) is 24.1 Å². The van der Waals surface area contributed by atoms with Gasteiger partial charge in [-0.3, -0.25) is 5.32 Å². The monoisotopic (exact) mass is 416 g/mol. The third-order valence-electron chi connectivity index (χ3n) is 3.90. The molecule has 0 unspecified atom stereocenters. The Morgan fingerprint density at radius 3 is 2.57 bits per heavy atom. The van der Waals surface area contributed by atoms with E-state index in [0.29, 0.717) is 10.8 Å². The maximum atomic E-state index is 12.2. The molecule has 0 atom stereocenters. The minimum absolute atomic E-state index is 0.0378. The summed E-state index contributed by atoms with van der Waals surface area (Å²) >= 11 is 1.34. The van der Waals surface area contributed by atoms with Crippen LogP contribution in [-0.2, 0) is 16.4 Å². The summed E-state index contributed by atoms with van der Waals surface area (Å²) in [6.07, 6.45) is 1.99. The lowest BCUT2D eigenvalue weighted by molar-refractivity contribution is 0.262. The van der Waals surface area contributed by atoms with Crippen molar-refractivity contribution in [2.45, 2.75) is 24.7 Å². The highest BCUT2D eigenvalue weighted by atomic mass is 32.2. The summed E-state index contributed by atoms with van der Waals surface area (Å²) in [7, 11) is -3.73. The van der Waals surface area contributed by atoms with Crippen LogP contribution in [0.1, 0.15) is 18.9 Å². The minimum atomic E-state index is -3.73.